The summed E-state index contributed by atoms with van der Waals surface area (Å²) in [7, 11) is 0. The second-order valence-electron chi connectivity index (χ2n) is 4.89. The highest BCUT2D eigenvalue weighted by molar-refractivity contribution is 6.03. The van der Waals surface area contributed by atoms with E-state index in [0.29, 0.717) is 34.6 Å². The number of anilines is 1. The molecule has 0 saturated heterocycles. The molecule has 0 atom stereocenters. The maximum Gasteiger partial charge on any atom is 0.293 e. The molecule has 1 fully saturated rings. The molecule has 6 heteroatoms. The molecule has 2 aromatic rings. The summed E-state index contributed by atoms with van der Waals surface area (Å²) in [6.45, 7) is 5.30. The number of oxazole rings is 1. The van der Waals surface area contributed by atoms with Crippen molar-refractivity contribution in [1.29, 1.82) is 0 Å². The van der Waals surface area contributed by atoms with E-state index in [9.17, 15) is 4.79 Å². The van der Waals surface area contributed by atoms with E-state index in [4.69, 9.17) is 8.94 Å². The zero-order valence-corrected chi connectivity index (χ0v) is 11.1. The lowest BCUT2D eigenvalue weighted by molar-refractivity contribution is 0.0994. The molecule has 0 bridgehead atoms. The molecule has 3 rings (SSSR count). The van der Waals surface area contributed by atoms with E-state index >= 15 is 0 Å². The molecule has 0 aromatic carbocycles. The third-order valence-corrected chi connectivity index (χ3v) is 3.22. The Morgan fingerprint density at radius 2 is 2.00 bits per heavy atom. The van der Waals surface area contributed by atoms with Gasteiger partial charge >= 0.3 is 0 Å². The standard InChI is InChI=1S/C13H15N3O3/c1-6-10(8(3)19-16-6)15-12(17)11-7(2)14-13(18-11)9-4-5-9/h9H,4-5H2,1-3H3,(H,15,17). The normalized spacial score (nSPS) is 14.7. The van der Waals surface area contributed by atoms with Crippen molar-refractivity contribution >= 4 is 11.6 Å². The zero-order valence-electron chi connectivity index (χ0n) is 11.1. The monoisotopic (exact) mass is 261 g/mol. The van der Waals surface area contributed by atoms with Crippen LogP contribution in [0.3, 0.4) is 0 Å². The Kier molecular flexibility index (Phi) is 2.66. The van der Waals surface area contributed by atoms with E-state index in [1.165, 1.54) is 0 Å². The summed E-state index contributed by atoms with van der Waals surface area (Å²) in [5.41, 5.74) is 1.85. The topological polar surface area (TPSA) is 81.2 Å². The maximum atomic E-state index is 12.2. The van der Waals surface area contributed by atoms with Crippen LogP contribution in [0.1, 0.15) is 52.4 Å². The van der Waals surface area contributed by atoms with Gasteiger partial charge in [0.15, 0.2) is 11.7 Å². The van der Waals surface area contributed by atoms with Crippen molar-refractivity contribution in [3.63, 3.8) is 0 Å². The van der Waals surface area contributed by atoms with E-state index in [2.05, 4.69) is 15.5 Å². The predicted octanol–water partition coefficient (Wildman–Crippen LogP) is 2.72. The number of aryl methyl sites for hydroxylation is 3. The molecule has 0 unspecified atom stereocenters. The van der Waals surface area contributed by atoms with Gasteiger partial charge in [-0.25, -0.2) is 4.98 Å². The fourth-order valence-electron chi connectivity index (χ4n) is 1.96. The average Bonchev–Trinajstić information content (AvgIpc) is 3.09. The summed E-state index contributed by atoms with van der Waals surface area (Å²) in [6.07, 6.45) is 2.18. The molecule has 6 nitrogen and oxygen atoms in total. The van der Waals surface area contributed by atoms with Crippen molar-refractivity contribution in [2.45, 2.75) is 39.5 Å². The second kappa shape index (κ2) is 4.22. The number of carbonyl (C=O) groups is 1. The summed E-state index contributed by atoms with van der Waals surface area (Å²) in [5, 5.41) is 6.55. The van der Waals surface area contributed by atoms with Gasteiger partial charge in [0.05, 0.1) is 5.69 Å². The van der Waals surface area contributed by atoms with Crippen LogP contribution in [-0.4, -0.2) is 16.0 Å². The minimum Gasteiger partial charge on any atom is -0.435 e. The highest BCUT2D eigenvalue weighted by Gasteiger charge is 2.31. The van der Waals surface area contributed by atoms with Crippen molar-refractivity contribution in [3.8, 4) is 0 Å². The first-order chi connectivity index (χ1) is 9.06. The Balaban J connectivity index is 1.84. The van der Waals surface area contributed by atoms with Gasteiger partial charge in [0.25, 0.3) is 5.91 Å². The molecule has 2 heterocycles. The van der Waals surface area contributed by atoms with E-state index in [1.807, 2.05) is 0 Å². The average molecular weight is 261 g/mol. The zero-order chi connectivity index (χ0) is 13.6. The third-order valence-electron chi connectivity index (χ3n) is 3.22. The van der Waals surface area contributed by atoms with Gasteiger partial charge in [-0.3, -0.25) is 4.79 Å². The molecule has 0 spiro atoms. The van der Waals surface area contributed by atoms with Crippen molar-refractivity contribution in [2.24, 2.45) is 0 Å². The molecular weight excluding hydrogens is 246 g/mol. The summed E-state index contributed by atoms with van der Waals surface area (Å²) in [4.78, 5) is 16.5. The minimum absolute atomic E-state index is 0.266. The molecule has 0 radical (unpaired) electrons. The first kappa shape index (κ1) is 12.0. The van der Waals surface area contributed by atoms with Gasteiger partial charge < -0.3 is 14.3 Å². The number of aromatic nitrogens is 2. The van der Waals surface area contributed by atoms with Crippen LogP contribution in [-0.2, 0) is 0 Å². The van der Waals surface area contributed by atoms with Crippen LogP contribution in [0.25, 0.3) is 0 Å². The molecule has 2 aromatic heterocycles. The predicted molar refractivity (Wildman–Crippen MR) is 67.1 cm³/mol. The smallest absolute Gasteiger partial charge is 0.293 e. The van der Waals surface area contributed by atoms with Crippen LogP contribution in [0, 0.1) is 20.8 Å². The highest BCUT2D eigenvalue weighted by atomic mass is 16.5. The first-order valence-corrected chi connectivity index (χ1v) is 6.28. The number of amides is 1. The quantitative estimate of drug-likeness (QED) is 0.918. The number of carbonyl (C=O) groups excluding carboxylic acids is 1. The van der Waals surface area contributed by atoms with Gasteiger partial charge in [0.2, 0.25) is 5.76 Å². The van der Waals surface area contributed by atoms with E-state index in [1.54, 1.807) is 20.8 Å². The van der Waals surface area contributed by atoms with Crippen molar-refractivity contribution in [2.75, 3.05) is 5.32 Å². The summed E-state index contributed by atoms with van der Waals surface area (Å²) in [5.74, 6) is 1.58. The van der Waals surface area contributed by atoms with Gasteiger partial charge in [-0.1, -0.05) is 5.16 Å². The van der Waals surface area contributed by atoms with Gasteiger partial charge in [0.1, 0.15) is 11.4 Å². The largest absolute Gasteiger partial charge is 0.435 e. The van der Waals surface area contributed by atoms with Gasteiger partial charge in [0, 0.05) is 5.92 Å². The van der Waals surface area contributed by atoms with E-state index < -0.39 is 0 Å². The van der Waals surface area contributed by atoms with Crippen LogP contribution in [0.2, 0.25) is 0 Å². The molecule has 1 aliphatic carbocycles. The molecule has 19 heavy (non-hydrogen) atoms. The maximum absolute atomic E-state index is 12.2. The first-order valence-electron chi connectivity index (χ1n) is 6.28. The SMILES string of the molecule is Cc1nc(C2CC2)oc1C(=O)Nc1c(C)noc1C. The number of rotatable bonds is 3. The van der Waals surface area contributed by atoms with E-state index in [-0.39, 0.29) is 11.7 Å². The van der Waals surface area contributed by atoms with Crippen LogP contribution >= 0.6 is 0 Å². The molecule has 1 saturated carbocycles. The molecule has 1 N–H and O–H groups in total. The molecular formula is C13H15N3O3. The van der Waals surface area contributed by atoms with Crippen LogP contribution < -0.4 is 5.32 Å². The van der Waals surface area contributed by atoms with Gasteiger partial charge in [-0.05, 0) is 33.6 Å². The highest BCUT2D eigenvalue weighted by Crippen LogP contribution is 2.40. The Bertz CT molecular complexity index is 618. The number of hydrogen-bond donors (Lipinski definition) is 1. The lowest BCUT2D eigenvalue weighted by Gasteiger charge is -2.01. The second-order valence-corrected chi connectivity index (χ2v) is 4.89. The molecule has 1 amide bonds. The number of nitrogens with zero attached hydrogens (tertiary/aromatic N) is 2. The Hall–Kier alpha value is -2.11. The summed E-state index contributed by atoms with van der Waals surface area (Å²) >= 11 is 0. The molecule has 1 aliphatic rings. The van der Waals surface area contributed by atoms with Crippen LogP contribution in [0.15, 0.2) is 8.94 Å². The summed E-state index contributed by atoms with van der Waals surface area (Å²) in [6, 6.07) is 0. The summed E-state index contributed by atoms with van der Waals surface area (Å²) < 4.78 is 10.6. The lowest BCUT2D eigenvalue weighted by atomic mass is 10.3. The van der Waals surface area contributed by atoms with Crippen molar-refractivity contribution in [3.05, 3.63) is 28.8 Å². The van der Waals surface area contributed by atoms with E-state index in [0.717, 1.165) is 12.8 Å². The van der Waals surface area contributed by atoms with Crippen LogP contribution in [0.5, 0.6) is 0 Å². The van der Waals surface area contributed by atoms with Gasteiger partial charge in [-0.2, -0.15) is 0 Å². The Labute approximate surface area is 110 Å². The van der Waals surface area contributed by atoms with Gasteiger partial charge in [-0.15, -0.1) is 0 Å². The minimum atomic E-state index is -0.314. The molecule has 100 valence electrons. The number of hydrogen-bond acceptors (Lipinski definition) is 5. The number of nitrogens with one attached hydrogen (secondary N) is 1. The lowest BCUT2D eigenvalue weighted by Crippen LogP contribution is -2.13. The Morgan fingerprint density at radius 1 is 1.26 bits per heavy atom. The Morgan fingerprint density at radius 3 is 2.58 bits per heavy atom. The van der Waals surface area contributed by atoms with Crippen molar-refractivity contribution in [1.82, 2.24) is 10.1 Å². The fraction of sp³-hybridized carbons (Fsp3) is 0.462. The fourth-order valence-corrected chi connectivity index (χ4v) is 1.96. The van der Waals surface area contributed by atoms with Crippen molar-refractivity contribution < 1.29 is 13.7 Å². The third kappa shape index (κ3) is 2.14. The molecule has 0 aliphatic heterocycles. The van der Waals surface area contributed by atoms with Crippen LogP contribution in [0.4, 0.5) is 5.69 Å².